The largest absolute Gasteiger partial charge is 0.483 e. The number of carbonyl (C=O) groups is 4. The molecule has 0 aromatic carbocycles. The van der Waals surface area contributed by atoms with E-state index in [0.29, 0.717) is 45.7 Å². The number of carboxylic acid groups (broad SMARTS) is 2. The fourth-order valence-corrected chi connectivity index (χ4v) is 3.21. The number of aromatic amines is 1. The van der Waals surface area contributed by atoms with Crippen LogP contribution in [0, 0.1) is 0 Å². The Morgan fingerprint density at radius 3 is 2.26 bits per heavy atom. The average Bonchev–Trinajstić information content (AvgIpc) is 3.07. The fourth-order valence-electron chi connectivity index (χ4n) is 3.21. The van der Waals surface area contributed by atoms with Crippen LogP contribution in [0.2, 0.25) is 0 Å². The molecule has 1 saturated heterocycles. The first-order valence-electron chi connectivity index (χ1n) is 10.2. The van der Waals surface area contributed by atoms with Crippen LogP contribution in [0.4, 0.5) is 0 Å². The van der Waals surface area contributed by atoms with E-state index in [9.17, 15) is 14.4 Å². The van der Waals surface area contributed by atoms with Gasteiger partial charge in [0.2, 0.25) is 5.91 Å². The minimum Gasteiger partial charge on any atom is -0.483 e. The zero-order chi connectivity index (χ0) is 25.3. The monoisotopic (exact) mass is 476 g/mol. The molecule has 0 aliphatic carbocycles. The zero-order valence-corrected chi connectivity index (χ0v) is 18.7. The predicted octanol–water partition coefficient (Wildman–Crippen LogP) is -0.627. The van der Waals surface area contributed by atoms with E-state index in [1.807, 2.05) is 24.1 Å². The lowest BCUT2D eigenvalue weighted by Crippen LogP contribution is -2.42. The van der Waals surface area contributed by atoms with Gasteiger partial charge in [0, 0.05) is 57.5 Å². The molecule has 3 N–H and O–H groups in total. The quantitative estimate of drug-likeness (QED) is 0.471. The van der Waals surface area contributed by atoms with Crippen LogP contribution in [0.25, 0.3) is 0 Å². The van der Waals surface area contributed by atoms with Gasteiger partial charge in [0.25, 0.3) is 24.4 Å². The van der Waals surface area contributed by atoms with Crippen molar-refractivity contribution in [2.75, 3.05) is 39.8 Å². The standard InChI is InChI=1S/C19H24N6O3.2CH2O2/c1-23(13-15-3-5-20-6-4-15)14-16(26)24-9-2-10-25(12-11-24)19(28)17-18(27)22-8-7-21-17;2*2-1-3/h3-8H,2,9-14H2,1H3,(H,22,27);2*1H,(H,2,3). The van der Waals surface area contributed by atoms with Gasteiger partial charge in [0.05, 0.1) is 6.54 Å². The van der Waals surface area contributed by atoms with Crippen molar-refractivity contribution in [3.63, 3.8) is 0 Å². The topological polar surface area (TPSA) is 177 Å². The summed E-state index contributed by atoms with van der Waals surface area (Å²) in [6.45, 7) is 2.37. The van der Waals surface area contributed by atoms with Crippen LogP contribution < -0.4 is 5.56 Å². The summed E-state index contributed by atoms with van der Waals surface area (Å²) in [6.07, 6.45) is 6.91. The van der Waals surface area contributed by atoms with Crippen molar-refractivity contribution in [2.24, 2.45) is 0 Å². The Hall–Kier alpha value is -4.13. The van der Waals surface area contributed by atoms with Crippen LogP contribution in [-0.4, -0.2) is 104 Å². The van der Waals surface area contributed by atoms with Crippen molar-refractivity contribution in [2.45, 2.75) is 13.0 Å². The lowest BCUT2D eigenvalue weighted by Gasteiger charge is -2.24. The first kappa shape index (κ1) is 27.9. The van der Waals surface area contributed by atoms with Gasteiger partial charge < -0.3 is 25.0 Å². The van der Waals surface area contributed by atoms with Gasteiger partial charge in [-0.25, -0.2) is 4.98 Å². The number of aromatic nitrogens is 3. The summed E-state index contributed by atoms with van der Waals surface area (Å²) in [4.78, 5) is 69.4. The zero-order valence-electron chi connectivity index (χ0n) is 18.7. The summed E-state index contributed by atoms with van der Waals surface area (Å²) in [5.74, 6) is -0.368. The first-order valence-corrected chi connectivity index (χ1v) is 10.2. The maximum absolute atomic E-state index is 12.7. The lowest BCUT2D eigenvalue weighted by atomic mass is 10.2. The lowest BCUT2D eigenvalue weighted by molar-refractivity contribution is -0.132. The first-order chi connectivity index (χ1) is 16.4. The van der Waals surface area contributed by atoms with Crippen molar-refractivity contribution in [1.29, 1.82) is 0 Å². The van der Waals surface area contributed by atoms with E-state index < -0.39 is 11.5 Å². The number of nitrogens with zero attached hydrogens (tertiary/aromatic N) is 5. The SMILES string of the molecule is CN(CC(=O)N1CCCN(C(=O)c2ncc[nH]c2=O)CC1)Cc1ccncc1.O=CO.O=CO. The molecule has 184 valence electrons. The van der Waals surface area contributed by atoms with Crippen LogP contribution in [0.1, 0.15) is 22.5 Å². The molecule has 1 fully saturated rings. The van der Waals surface area contributed by atoms with E-state index in [4.69, 9.17) is 19.8 Å². The highest BCUT2D eigenvalue weighted by molar-refractivity contribution is 5.92. The molecule has 1 aliphatic heterocycles. The average molecular weight is 476 g/mol. The number of H-pyrrole nitrogens is 1. The highest BCUT2D eigenvalue weighted by Crippen LogP contribution is 2.08. The highest BCUT2D eigenvalue weighted by Gasteiger charge is 2.25. The third-order valence-corrected chi connectivity index (χ3v) is 4.65. The second-order valence-electron chi connectivity index (χ2n) is 7.03. The Morgan fingerprint density at radius 2 is 1.65 bits per heavy atom. The Morgan fingerprint density at radius 1 is 1.06 bits per heavy atom. The smallest absolute Gasteiger partial charge is 0.290 e. The van der Waals surface area contributed by atoms with Gasteiger partial charge in [-0.3, -0.25) is 33.9 Å². The number of likely N-dealkylation sites (N-methyl/N-ethyl adjacent to an activating group) is 1. The number of carbonyl (C=O) groups excluding carboxylic acids is 2. The van der Waals surface area contributed by atoms with E-state index in [2.05, 4.69) is 15.0 Å². The van der Waals surface area contributed by atoms with Crippen LogP contribution in [-0.2, 0) is 20.9 Å². The van der Waals surface area contributed by atoms with Gasteiger partial charge in [-0.15, -0.1) is 0 Å². The summed E-state index contributed by atoms with van der Waals surface area (Å²) in [6, 6.07) is 3.85. The third-order valence-electron chi connectivity index (χ3n) is 4.65. The fraction of sp³-hybridized carbons (Fsp3) is 0.381. The predicted molar refractivity (Wildman–Crippen MR) is 120 cm³/mol. The molecule has 34 heavy (non-hydrogen) atoms. The maximum Gasteiger partial charge on any atom is 0.290 e. The molecule has 3 rings (SSSR count). The van der Waals surface area contributed by atoms with Crippen molar-refractivity contribution in [3.05, 3.63) is 58.5 Å². The van der Waals surface area contributed by atoms with E-state index in [0.717, 1.165) is 5.56 Å². The van der Waals surface area contributed by atoms with Crippen LogP contribution in [0.3, 0.4) is 0 Å². The van der Waals surface area contributed by atoms with E-state index in [-0.39, 0.29) is 24.5 Å². The van der Waals surface area contributed by atoms with Crippen molar-refractivity contribution >= 4 is 24.8 Å². The summed E-state index contributed by atoms with van der Waals surface area (Å²) in [5.41, 5.74) is 0.486. The third kappa shape index (κ3) is 9.56. The van der Waals surface area contributed by atoms with Crippen molar-refractivity contribution in [1.82, 2.24) is 29.7 Å². The molecule has 3 heterocycles. The molecule has 0 unspecified atom stereocenters. The van der Waals surface area contributed by atoms with Crippen molar-refractivity contribution in [3.8, 4) is 0 Å². The van der Waals surface area contributed by atoms with Crippen LogP contribution in [0.15, 0.2) is 41.7 Å². The normalized spacial score (nSPS) is 12.9. The molecule has 13 nitrogen and oxygen atoms in total. The Kier molecular flexibility index (Phi) is 12.8. The number of rotatable bonds is 5. The Bertz CT molecular complexity index is 963. The number of amides is 2. The second-order valence-corrected chi connectivity index (χ2v) is 7.03. The Balaban J connectivity index is 0.000000872. The molecule has 0 bridgehead atoms. The molecular formula is C21H28N6O7. The van der Waals surface area contributed by atoms with Crippen LogP contribution in [0.5, 0.6) is 0 Å². The maximum atomic E-state index is 12.7. The van der Waals surface area contributed by atoms with Gasteiger partial charge >= 0.3 is 0 Å². The van der Waals surface area contributed by atoms with Gasteiger partial charge in [0.15, 0.2) is 5.69 Å². The van der Waals surface area contributed by atoms with E-state index in [1.54, 1.807) is 22.2 Å². The van der Waals surface area contributed by atoms with Gasteiger partial charge in [-0.1, -0.05) is 0 Å². The molecule has 0 atom stereocenters. The van der Waals surface area contributed by atoms with E-state index >= 15 is 0 Å². The molecule has 13 heteroatoms. The molecule has 1 aliphatic rings. The number of nitrogens with one attached hydrogen (secondary N) is 1. The molecule has 2 aromatic heterocycles. The number of hydrogen-bond donors (Lipinski definition) is 3. The van der Waals surface area contributed by atoms with Gasteiger partial charge in [0.1, 0.15) is 0 Å². The molecule has 2 amide bonds. The minimum absolute atomic E-state index is 0.0292. The summed E-state index contributed by atoms with van der Waals surface area (Å²) in [7, 11) is 1.90. The minimum atomic E-state index is -0.498. The summed E-state index contributed by atoms with van der Waals surface area (Å²) < 4.78 is 0. The molecule has 2 aromatic rings. The number of pyridine rings is 1. The molecule has 0 radical (unpaired) electrons. The van der Waals surface area contributed by atoms with Crippen LogP contribution >= 0.6 is 0 Å². The molecular weight excluding hydrogens is 448 g/mol. The van der Waals surface area contributed by atoms with Gasteiger partial charge in [-0.2, -0.15) is 0 Å². The molecule has 0 saturated carbocycles. The Labute approximate surface area is 195 Å². The summed E-state index contributed by atoms with van der Waals surface area (Å²) in [5, 5.41) is 13.8. The summed E-state index contributed by atoms with van der Waals surface area (Å²) >= 11 is 0. The van der Waals surface area contributed by atoms with E-state index in [1.165, 1.54) is 12.4 Å². The van der Waals surface area contributed by atoms with Crippen molar-refractivity contribution < 1.29 is 29.4 Å². The molecule has 0 spiro atoms. The number of hydrogen-bond acceptors (Lipinski definition) is 8. The second kappa shape index (κ2) is 15.6. The van der Waals surface area contributed by atoms with Gasteiger partial charge in [-0.05, 0) is 31.2 Å². The highest BCUT2D eigenvalue weighted by atomic mass is 16.3.